The summed E-state index contributed by atoms with van der Waals surface area (Å²) < 4.78 is 0. The largest absolute Gasteiger partial charge is 0.354 e. The van der Waals surface area contributed by atoms with Gasteiger partial charge >= 0.3 is 0 Å². The highest BCUT2D eigenvalue weighted by Gasteiger charge is 2.19. The van der Waals surface area contributed by atoms with Gasteiger partial charge in [-0.05, 0) is 13.0 Å². The Hall–Kier alpha value is -2.20. The minimum atomic E-state index is -0.420. The van der Waals surface area contributed by atoms with Crippen LogP contribution in [0.4, 0.5) is 11.5 Å². The van der Waals surface area contributed by atoms with Gasteiger partial charge in [0, 0.05) is 31.7 Å². The van der Waals surface area contributed by atoms with Crippen molar-refractivity contribution in [1.82, 2.24) is 9.88 Å². The molecule has 0 unspecified atom stereocenters. The fourth-order valence-electron chi connectivity index (χ4n) is 2.13. The van der Waals surface area contributed by atoms with Crippen LogP contribution in [0, 0.1) is 28.4 Å². The second kappa shape index (κ2) is 5.63. The first-order valence-corrected chi connectivity index (χ1v) is 6.07. The Morgan fingerprint density at radius 3 is 2.68 bits per heavy atom. The highest BCUT2D eigenvalue weighted by atomic mass is 16.6. The molecular formula is C12H15N5O2. The first kappa shape index (κ1) is 13.2. The Balaban J connectivity index is 2.06. The predicted molar refractivity (Wildman–Crippen MR) is 69.9 cm³/mol. The third kappa shape index (κ3) is 2.98. The van der Waals surface area contributed by atoms with Crippen molar-refractivity contribution in [2.45, 2.75) is 6.92 Å². The number of aryl methyl sites for hydroxylation is 1. The Kier molecular flexibility index (Phi) is 3.92. The molecule has 1 aromatic heterocycles. The average molecular weight is 261 g/mol. The van der Waals surface area contributed by atoms with E-state index in [4.69, 9.17) is 5.26 Å². The molecule has 1 aromatic rings. The van der Waals surface area contributed by atoms with Gasteiger partial charge in [0.15, 0.2) is 0 Å². The molecule has 1 saturated heterocycles. The molecular weight excluding hydrogens is 246 g/mol. The fourth-order valence-corrected chi connectivity index (χ4v) is 2.13. The summed E-state index contributed by atoms with van der Waals surface area (Å²) in [7, 11) is 0. The van der Waals surface area contributed by atoms with Gasteiger partial charge in [-0.1, -0.05) is 0 Å². The van der Waals surface area contributed by atoms with Crippen molar-refractivity contribution in [2.75, 3.05) is 37.6 Å². The minimum absolute atomic E-state index is 0.0480. The molecule has 100 valence electrons. The molecule has 0 amide bonds. The van der Waals surface area contributed by atoms with Crippen LogP contribution >= 0.6 is 0 Å². The van der Waals surface area contributed by atoms with E-state index in [1.54, 1.807) is 13.0 Å². The van der Waals surface area contributed by atoms with Crippen LogP contribution in [-0.4, -0.2) is 47.5 Å². The Morgan fingerprint density at radius 2 is 2.16 bits per heavy atom. The molecule has 0 saturated carbocycles. The maximum absolute atomic E-state index is 10.7. The SMILES string of the molecule is Cc1cc(N2CCN(CC#N)CC2)ncc1[N+](=O)[O-]. The zero-order valence-corrected chi connectivity index (χ0v) is 10.7. The molecule has 0 spiro atoms. The number of rotatable bonds is 3. The van der Waals surface area contributed by atoms with Crippen molar-refractivity contribution >= 4 is 11.5 Å². The van der Waals surface area contributed by atoms with Gasteiger partial charge in [0.25, 0.3) is 5.69 Å². The lowest BCUT2D eigenvalue weighted by molar-refractivity contribution is -0.385. The summed E-state index contributed by atoms with van der Waals surface area (Å²) in [5.41, 5.74) is 0.668. The first-order valence-electron chi connectivity index (χ1n) is 6.07. The summed E-state index contributed by atoms with van der Waals surface area (Å²) in [4.78, 5) is 18.6. The molecule has 0 aliphatic carbocycles. The van der Waals surface area contributed by atoms with E-state index in [1.165, 1.54) is 6.20 Å². The maximum atomic E-state index is 10.7. The third-order valence-electron chi connectivity index (χ3n) is 3.26. The van der Waals surface area contributed by atoms with Gasteiger partial charge in [-0.2, -0.15) is 5.26 Å². The Bertz CT molecular complexity index is 517. The van der Waals surface area contributed by atoms with Gasteiger partial charge in [-0.3, -0.25) is 15.0 Å². The van der Waals surface area contributed by atoms with E-state index in [1.807, 2.05) is 0 Å². The molecule has 1 aliphatic rings. The molecule has 2 rings (SSSR count). The van der Waals surface area contributed by atoms with E-state index >= 15 is 0 Å². The molecule has 0 atom stereocenters. The first-order chi connectivity index (χ1) is 9.11. The number of aromatic nitrogens is 1. The summed E-state index contributed by atoms with van der Waals surface area (Å²) >= 11 is 0. The molecule has 19 heavy (non-hydrogen) atoms. The van der Waals surface area contributed by atoms with Crippen LogP contribution in [0.15, 0.2) is 12.3 Å². The number of anilines is 1. The molecule has 1 fully saturated rings. The summed E-state index contributed by atoms with van der Waals surface area (Å²) in [6, 6.07) is 3.89. The second-order valence-corrected chi connectivity index (χ2v) is 4.51. The lowest BCUT2D eigenvalue weighted by atomic mass is 10.2. The van der Waals surface area contributed by atoms with Crippen LogP contribution < -0.4 is 4.90 Å². The van der Waals surface area contributed by atoms with Crippen LogP contribution in [0.2, 0.25) is 0 Å². The topological polar surface area (TPSA) is 86.3 Å². The molecule has 2 heterocycles. The minimum Gasteiger partial charge on any atom is -0.354 e. The highest BCUT2D eigenvalue weighted by molar-refractivity contribution is 5.48. The Morgan fingerprint density at radius 1 is 1.47 bits per heavy atom. The van der Waals surface area contributed by atoms with Crippen LogP contribution in [0.3, 0.4) is 0 Å². The van der Waals surface area contributed by atoms with Crippen LogP contribution in [-0.2, 0) is 0 Å². The molecule has 7 nitrogen and oxygen atoms in total. The molecule has 0 N–H and O–H groups in total. The smallest absolute Gasteiger partial charge is 0.290 e. The monoisotopic (exact) mass is 261 g/mol. The number of nitrogens with zero attached hydrogens (tertiary/aromatic N) is 5. The van der Waals surface area contributed by atoms with Crippen LogP contribution in [0.25, 0.3) is 0 Å². The van der Waals surface area contributed by atoms with E-state index in [0.29, 0.717) is 12.1 Å². The zero-order valence-electron chi connectivity index (χ0n) is 10.7. The molecule has 0 radical (unpaired) electrons. The molecule has 7 heteroatoms. The van der Waals surface area contributed by atoms with Crippen LogP contribution in [0.5, 0.6) is 0 Å². The van der Waals surface area contributed by atoms with E-state index < -0.39 is 4.92 Å². The fraction of sp³-hybridized carbons (Fsp3) is 0.500. The van der Waals surface area contributed by atoms with Gasteiger partial charge in [0.2, 0.25) is 0 Å². The third-order valence-corrected chi connectivity index (χ3v) is 3.26. The standard InChI is InChI=1S/C12H15N5O2/c1-10-8-12(14-9-11(10)17(18)19)16-6-4-15(3-2-13)5-7-16/h8-9H,3-7H2,1H3. The lowest BCUT2D eigenvalue weighted by Crippen LogP contribution is -2.46. The highest BCUT2D eigenvalue weighted by Crippen LogP contribution is 2.22. The predicted octanol–water partition coefficient (Wildman–Crippen LogP) is 0.944. The zero-order chi connectivity index (χ0) is 13.8. The van der Waals surface area contributed by atoms with Crippen molar-refractivity contribution in [2.24, 2.45) is 0 Å². The van der Waals surface area contributed by atoms with Gasteiger partial charge in [0.1, 0.15) is 12.0 Å². The van der Waals surface area contributed by atoms with E-state index in [-0.39, 0.29) is 5.69 Å². The van der Waals surface area contributed by atoms with E-state index in [9.17, 15) is 10.1 Å². The number of nitro groups is 1. The summed E-state index contributed by atoms with van der Waals surface area (Å²) in [5, 5.41) is 19.4. The van der Waals surface area contributed by atoms with E-state index in [0.717, 1.165) is 32.0 Å². The van der Waals surface area contributed by atoms with Crippen molar-refractivity contribution in [3.8, 4) is 6.07 Å². The van der Waals surface area contributed by atoms with Gasteiger partial charge in [-0.15, -0.1) is 0 Å². The number of hydrogen-bond donors (Lipinski definition) is 0. The van der Waals surface area contributed by atoms with Crippen molar-refractivity contribution < 1.29 is 4.92 Å². The van der Waals surface area contributed by atoms with Crippen molar-refractivity contribution in [3.05, 3.63) is 27.9 Å². The maximum Gasteiger partial charge on any atom is 0.290 e. The Labute approximate surface area is 111 Å². The van der Waals surface area contributed by atoms with Gasteiger partial charge < -0.3 is 4.90 Å². The van der Waals surface area contributed by atoms with Gasteiger partial charge in [-0.25, -0.2) is 4.98 Å². The average Bonchev–Trinajstić information content (AvgIpc) is 2.39. The second-order valence-electron chi connectivity index (χ2n) is 4.51. The summed E-state index contributed by atoms with van der Waals surface area (Å²) in [6.45, 7) is 5.35. The van der Waals surface area contributed by atoms with E-state index in [2.05, 4.69) is 20.9 Å². The van der Waals surface area contributed by atoms with Crippen LogP contribution in [0.1, 0.15) is 5.56 Å². The lowest BCUT2D eigenvalue weighted by Gasteiger charge is -2.34. The van der Waals surface area contributed by atoms with Crippen molar-refractivity contribution in [1.29, 1.82) is 5.26 Å². The molecule has 1 aliphatic heterocycles. The van der Waals surface area contributed by atoms with Gasteiger partial charge in [0.05, 0.1) is 17.5 Å². The quantitative estimate of drug-likeness (QED) is 0.457. The normalized spacial score (nSPS) is 16.1. The number of pyridine rings is 1. The number of hydrogen-bond acceptors (Lipinski definition) is 6. The molecule has 0 aromatic carbocycles. The number of nitriles is 1. The number of piperazine rings is 1. The molecule has 0 bridgehead atoms. The summed E-state index contributed by atoms with van der Waals surface area (Å²) in [6.07, 6.45) is 1.31. The van der Waals surface area contributed by atoms with Crippen molar-refractivity contribution in [3.63, 3.8) is 0 Å². The summed E-state index contributed by atoms with van der Waals surface area (Å²) in [5.74, 6) is 0.764.